The van der Waals surface area contributed by atoms with Crippen molar-refractivity contribution in [1.29, 1.82) is 0 Å². The zero-order valence-corrected chi connectivity index (χ0v) is 16.5. The number of carbonyl (C=O) groups excluding carboxylic acids is 3. The summed E-state index contributed by atoms with van der Waals surface area (Å²) in [6, 6.07) is 13.0. The molecule has 0 fully saturated rings. The lowest BCUT2D eigenvalue weighted by Crippen LogP contribution is -2.29. The van der Waals surface area contributed by atoms with Crippen LogP contribution in [0.2, 0.25) is 5.02 Å². The van der Waals surface area contributed by atoms with Crippen molar-refractivity contribution in [3.63, 3.8) is 0 Å². The Morgan fingerprint density at radius 2 is 1.61 bits per heavy atom. The largest absolute Gasteiger partial charge is 0.494 e. The first-order chi connectivity index (χ1) is 13.4. The number of ketones is 1. The molecule has 28 heavy (non-hydrogen) atoms. The monoisotopic (exact) mass is 403 g/mol. The summed E-state index contributed by atoms with van der Waals surface area (Å²) in [6.45, 7) is 4.03. The van der Waals surface area contributed by atoms with E-state index in [1.54, 1.807) is 48.5 Å². The Morgan fingerprint density at radius 1 is 1.00 bits per heavy atom. The topological polar surface area (TPSA) is 81.7 Å². The van der Waals surface area contributed by atoms with Gasteiger partial charge in [0.2, 0.25) is 5.78 Å². The Labute approximate surface area is 168 Å². The Morgan fingerprint density at radius 3 is 2.21 bits per heavy atom. The second-order valence-corrected chi connectivity index (χ2v) is 6.40. The van der Waals surface area contributed by atoms with Crippen LogP contribution >= 0.6 is 11.6 Å². The van der Waals surface area contributed by atoms with Gasteiger partial charge in [0.15, 0.2) is 6.10 Å². The van der Waals surface area contributed by atoms with Crippen molar-refractivity contribution in [2.45, 2.75) is 26.4 Å². The third-order valence-corrected chi connectivity index (χ3v) is 4.10. The highest BCUT2D eigenvalue weighted by Crippen LogP contribution is 2.14. The van der Waals surface area contributed by atoms with Crippen LogP contribution in [0.4, 0.5) is 0 Å². The van der Waals surface area contributed by atoms with E-state index in [-0.39, 0.29) is 24.7 Å². The number of hydrogen-bond donors (Lipinski definition) is 1. The molecule has 0 aromatic heterocycles. The molecule has 2 aromatic rings. The zero-order chi connectivity index (χ0) is 20.5. The van der Waals surface area contributed by atoms with Gasteiger partial charge in [-0.3, -0.25) is 14.4 Å². The molecule has 0 aliphatic rings. The highest BCUT2D eigenvalue weighted by molar-refractivity contribution is 6.30. The Balaban J connectivity index is 1.77. The minimum atomic E-state index is -0.919. The van der Waals surface area contributed by atoms with Gasteiger partial charge in [-0.25, -0.2) is 0 Å². The molecule has 2 rings (SSSR count). The first-order valence-electron chi connectivity index (χ1n) is 8.91. The normalized spacial score (nSPS) is 11.4. The number of ether oxygens (including phenoxy) is 2. The van der Waals surface area contributed by atoms with Gasteiger partial charge in [-0.1, -0.05) is 11.6 Å². The van der Waals surface area contributed by atoms with Crippen LogP contribution in [-0.4, -0.2) is 36.9 Å². The van der Waals surface area contributed by atoms with Gasteiger partial charge >= 0.3 is 5.97 Å². The summed E-state index contributed by atoms with van der Waals surface area (Å²) in [4.78, 5) is 36.2. The molecule has 0 saturated heterocycles. The quantitative estimate of drug-likeness (QED) is 0.510. The van der Waals surface area contributed by atoms with E-state index in [4.69, 9.17) is 21.1 Å². The molecule has 7 heteroatoms. The van der Waals surface area contributed by atoms with Crippen molar-refractivity contribution in [3.05, 3.63) is 64.7 Å². The van der Waals surface area contributed by atoms with Crippen LogP contribution in [0, 0.1) is 0 Å². The lowest BCUT2D eigenvalue weighted by molar-refractivity contribution is -0.146. The Hall–Kier alpha value is -2.86. The fourth-order valence-corrected chi connectivity index (χ4v) is 2.53. The van der Waals surface area contributed by atoms with Crippen LogP contribution < -0.4 is 10.1 Å². The van der Waals surface area contributed by atoms with Crippen molar-refractivity contribution < 1.29 is 23.9 Å². The summed E-state index contributed by atoms with van der Waals surface area (Å²) >= 11 is 5.78. The number of amides is 1. The summed E-state index contributed by atoms with van der Waals surface area (Å²) < 4.78 is 10.5. The molecule has 1 atom stereocenters. The lowest BCUT2D eigenvalue weighted by Gasteiger charge is -2.13. The summed E-state index contributed by atoms with van der Waals surface area (Å²) in [7, 11) is 0. The standard InChI is InChI=1S/C21H22ClNO5/c1-3-27-18-10-6-15(7-11-18)20(25)14(2)28-19(24)12-13-23-21(26)16-4-8-17(22)9-5-16/h4-11,14H,3,12-13H2,1-2H3,(H,23,26)/t14-/m1/s1. The second kappa shape index (κ2) is 10.5. The molecule has 0 heterocycles. The van der Waals surface area contributed by atoms with E-state index >= 15 is 0 Å². The third kappa shape index (κ3) is 6.39. The molecule has 0 spiro atoms. The summed E-state index contributed by atoms with van der Waals surface area (Å²) in [5.41, 5.74) is 0.872. The van der Waals surface area contributed by atoms with Gasteiger partial charge in [-0.2, -0.15) is 0 Å². The van der Waals surface area contributed by atoms with Gasteiger partial charge in [-0.15, -0.1) is 0 Å². The maximum Gasteiger partial charge on any atom is 0.308 e. The Kier molecular flexibility index (Phi) is 8.02. The van der Waals surface area contributed by atoms with Crippen molar-refractivity contribution in [1.82, 2.24) is 5.32 Å². The van der Waals surface area contributed by atoms with Crippen molar-refractivity contribution in [2.24, 2.45) is 0 Å². The van der Waals surface area contributed by atoms with Gasteiger partial charge in [0.1, 0.15) is 5.75 Å². The number of nitrogens with one attached hydrogen (secondary N) is 1. The van der Waals surface area contributed by atoms with Crippen LogP contribution in [0.5, 0.6) is 5.75 Å². The molecular formula is C21H22ClNO5. The van der Waals surface area contributed by atoms with Gasteiger partial charge < -0.3 is 14.8 Å². The number of rotatable bonds is 9. The van der Waals surface area contributed by atoms with Gasteiger partial charge in [-0.05, 0) is 62.4 Å². The number of halogens is 1. The average Bonchev–Trinajstić information content (AvgIpc) is 2.68. The van der Waals surface area contributed by atoms with Crippen LogP contribution in [-0.2, 0) is 9.53 Å². The molecule has 1 N–H and O–H groups in total. The van der Waals surface area contributed by atoms with E-state index < -0.39 is 12.1 Å². The second-order valence-electron chi connectivity index (χ2n) is 5.97. The minimum Gasteiger partial charge on any atom is -0.494 e. The SMILES string of the molecule is CCOc1ccc(C(=O)[C@@H](C)OC(=O)CCNC(=O)c2ccc(Cl)cc2)cc1. The molecule has 0 aliphatic heterocycles. The summed E-state index contributed by atoms with van der Waals surface area (Å²) in [6.07, 6.45) is -0.961. The average molecular weight is 404 g/mol. The lowest BCUT2D eigenvalue weighted by atomic mass is 10.1. The Bertz CT molecular complexity index is 818. The molecule has 0 bridgehead atoms. The number of Topliss-reactive ketones (excluding diaryl/α,β-unsaturated/α-hetero) is 1. The van der Waals surface area contributed by atoms with E-state index in [1.807, 2.05) is 6.92 Å². The number of carbonyl (C=O) groups is 3. The van der Waals surface area contributed by atoms with E-state index in [0.717, 1.165) is 0 Å². The molecule has 0 aliphatic carbocycles. The molecule has 0 radical (unpaired) electrons. The molecule has 0 unspecified atom stereocenters. The molecular weight excluding hydrogens is 382 g/mol. The van der Waals surface area contributed by atoms with Crippen molar-refractivity contribution in [3.8, 4) is 5.75 Å². The maximum absolute atomic E-state index is 12.3. The predicted octanol–water partition coefficient (Wildman–Crippen LogP) is 3.67. The molecule has 0 saturated carbocycles. The molecule has 2 aromatic carbocycles. The smallest absolute Gasteiger partial charge is 0.308 e. The van der Waals surface area contributed by atoms with Gasteiger partial charge in [0.25, 0.3) is 5.91 Å². The minimum absolute atomic E-state index is 0.0414. The fourth-order valence-electron chi connectivity index (χ4n) is 2.41. The maximum atomic E-state index is 12.3. The zero-order valence-electron chi connectivity index (χ0n) is 15.7. The van der Waals surface area contributed by atoms with E-state index in [2.05, 4.69) is 5.32 Å². The molecule has 6 nitrogen and oxygen atoms in total. The van der Waals surface area contributed by atoms with Crippen LogP contribution in [0.25, 0.3) is 0 Å². The fraction of sp³-hybridized carbons (Fsp3) is 0.286. The molecule has 148 valence electrons. The highest BCUT2D eigenvalue weighted by Gasteiger charge is 2.19. The van der Waals surface area contributed by atoms with Crippen LogP contribution in [0.3, 0.4) is 0 Å². The van der Waals surface area contributed by atoms with E-state index in [9.17, 15) is 14.4 Å². The van der Waals surface area contributed by atoms with Crippen LogP contribution in [0.15, 0.2) is 48.5 Å². The first kappa shape index (κ1) is 21.4. The van der Waals surface area contributed by atoms with E-state index in [1.165, 1.54) is 6.92 Å². The first-order valence-corrected chi connectivity index (χ1v) is 9.28. The van der Waals surface area contributed by atoms with Gasteiger partial charge in [0.05, 0.1) is 13.0 Å². The van der Waals surface area contributed by atoms with Crippen molar-refractivity contribution >= 4 is 29.3 Å². The van der Waals surface area contributed by atoms with Crippen LogP contribution in [0.1, 0.15) is 41.0 Å². The highest BCUT2D eigenvalue weighted by atomic mass is 35.5. The van der Waals surface area contributed by atoms with Gasteiger partial charge in [0, 0.05) is 22.7 Å². The number of benzene rings is 2. The van der Waals surface area contributed by atoms with Crippen molar-refractivity contribution in [2.75, 3.05) is 13.2 Å². The third-order valence-electron chi connectivity index (χ3n) is 3.85. The number of hydrogen-bond acceptors (Lipinski definition) is 5. The predicted molar refractivity (Wildman–Crippen MR) is 106 cm³/mol. The number of esters is 1. The van der Waals surface area contributed by atoms with E-state index in [0.29, 0.717) is 28.5 Å². The summed E-state index contributed by atoms with van der Waals surface area (Å²) in [5.74, 6) is -0.520. The molecule has 1 amide bonds. The summed E-state index contributed by atoms with van der Waals surface area (Å²) in [5, 5.41) is 3.15.